The van der Waals surface area contributed by atoms with Crippen LogP contribution in [0.5, 0.6) is 0 Å². The molecule has 1 fully saturated rings. The van der Waals surface area contributed by atoms with E-state index < -0.39 is 0 Å². The van der Waals surface area contributed by atoms with Crippen LogP contribution in [0.15, 0.2) is 67.4 Å². The highest BCUT2D eigenvalue weighted by Gasteiger charge is 2.29. The Bertz CT molecular complexity index is 889. The summed E-state index contributed by atoms with van der Waals surface area (Å²) in [6, 6.07) is 14.2. The van der Waals surface area contributed by atoms with Gasteiger partial charge in [0, 0.05) is 50.1 Å². The van der Waals surface area contributed by atoms with Crippen LogP contribution in [0.3, 0.4) is 0 Å². The van der Waals surface area contributed by atoms with Crippen LogP contribution in [-0.2, 0) is 0 Å². The number of piperazine rings is 1. The smallest absolute Gasteiger partial charge is 0.147 e. The number of hydrogen-bond donors (Lipinski definition) is 0. The molecule has 1 unspecified atom stereocenters. The molecule has 6 nitrogen and oxygen atoms in total. The quantitative estimate of drug-likeness (QED) is 0.729. The van der Waals surface area contributed by atoms with Crippen molar-refractivity contribution in [1.82, 2.24) is 15.0 Å². The lowest BCUT2D eigenvalue weighted by Gasteiger charge is -2.43. The minimum absolute atomic E-state index is 0.126. The standard InChI is InChI=1S/C20H18N6/c21-13-16-1-3-17(4-2-16)19-15-25(18-5-7-22-8-6-18)11-12-26(19)20-14-23-9-10-24-20/h1-10,14,19H,11-12,15H2. The zero-order valence-electron chi connectivity index (χ0n) is 14.2. The maximum Gasteiger partial charge on any atom is 0.147 e. The summed E-state index contributed by atoms with van der Waals surface area (Å²) in [6.45, 7) is 2.56. The van der Waals surface area contributed by atoms with Crippen LogP contribution in [0.25, 0.3) is 0 Å². The number of hydrogen-bond acceptors (Lipinski definition) is 6. The van der Waals surface area contributed by atoms with Crippen LogP contribution in [-0.4, -0.2) is 34.6 Å². The summed E-state index contributed by atoms with van der Waals surface area (Å²) in [6.07, 6.45) is 8.86. The van der Waals surface area contributed by atoms with Gasteiger partial charge in [-0.05, 0) is 29.8 Å². The summed E-state index contributed by atoms with van der Waals surface area (Å²) >= 11 is 0. The van der Waals surface area contributed by atoms with Crippen LogP contribution in [0.2, 0.25) is 0 Å². The monoisotopic (exact) mass is 342 g/mol. The number of aromatic nitrogens is 3. The normalized spacial score (nSPS) is 17.0. The zero-order valence-corrected chi connectivity index (χ0v) is 14.2. The molecule has 1 aliphatic heterocycles. The molecular weight excluding hydrogens is 324 g/mol. The molecule has 1 aromatic carbocycles. The van der Waals surface area contributed by atoms with Crippen molar-refractivity contribution in [1.29, 1.82) is 5.26 Å². The second-order valence-electron chi connectivity index (χ2n) is 6.16. The van der Waals surface area contributed by atoms with Gasteiger partial charge >= 0.3 is 0 Å². The van der Waals surface area contributed by atoms with Gasteiger partial charge in [0.2, 0.25) is 0 Å². The van der Waals surface area contributed by atoms with Gasteiger partial charge in [-0.3, -0.25) is 9.97 Å². The summed E-state index contributed by atoms with van der Waals surface area (Å²) in [5, 5.41) is 9.07. The molecule has 3 aromatic rings. The minimum atomic E-state index is 0.126. The molecular formula is C20H18N6. The molecule has 6 heteroatoms. The van der Waals surface area contributed by atoms with E-state index in [0.29, 0.717) is 5.56 Å². The van der Waals surface area contributed by atoms with Gasteiger partial charge in [-0.1, -0.05) is 12.1 Å². The van der Waals surface area contributed by atoms with E-state index in [1.54, 1.807) is 18.6 Å². The molecule has 0 N–H and O–H groups in total. The molecule has 0 amide bonds. The second-order valence-corrected chi connectivity index (χ2v) is 6.16. The van der Waals surface area contributed by atoms with Crippen molar-refractivity contribution in [3.05, 3.63) is 78.5 Å². The lowest BCUT2D eigenvalue weighted by Crippen LogP contribution is -2.49. The van der Waals surface area contributed by atoms with Crippen LogP contribution in [0, 0.1) is 11.3 Å². The van der Waals surface area contributed by atoms with Gasteiger partial charge < -0.3 is 9.80 Å². The first kappa shape index (κ1) is 16.0. The van der Waals surface area contributed by atoms with Crippen LogP contribution in [0.1, 0.15) is 17.2 Å². The summed E-state index contributed by atoms with van der Waals surface area (Å²) in [5.41, 5.74) is 2.99. The van der Waals surface area contributed by atoms with Gasteiger partial charge in [-0.25, -0.2) is 4.98 Å². The van der Waals surface area contributed by atoms with Gasteiger partial charge in [0.25, 0.3) is 0 Å². The van der Waals surface area contributed by atoms with E-state index in [-0.39, 0.29) is 6.04 Å². The van der Waals surface area contributed by atoms with E-state index in [1.807, 2.05) is 48.8 Å². The third-order valence-electron chi connectivity index (χ3n) is 4.68. The van der Waals surface area contributed by atoms with Crippen molar-refractivity contribution in [3.63, 3.8) is 0 Å². The fraction of sp³-hybridized carbons (Fsp3) is 0.200. The first-order chi connectivity index (χ1) is 12.8. The summed E-state index contributed by atoms with van der Waals surface area (Å²) in [5.74, 6) is 0.872. The molecule has 2 aromatic heterocycles. The topological polar surface area (TPSA) is 68.9 Å². The molecule has 4 rings (SSSR count). The Kier molecular flexibility index (Phi) is 4.44. The Hall–Kier alpha value is -3.46. The Morgan fingerprint density at radius 2 is 1.73 bits per heavy atom. The summed E-state index contributed by atoms with van der Waals surface area (Å²) in [4.78, 5) is 17.5. The first-order valence-electron chi connectivity index (χ1n) is 8.53. The highest BCUT2D eigenvalue weighted by atomic mass is 15.3. The molecule has 26 heavy (non-hydrogen) atoms. The number of nitriles is 1. The van der Waals surface area contributed by atoms with Gasteiger partial charge in [-0.2, -0.15) is 5.26 Å². The highest BCUT2D eigenvalue weighted by molar-refractivity contribution is 5.51. The maximum atomic E-state index is 9.07. The SMILES string of the molecule is N#Cc1ccc(C2CN(c3ccncc3)CCN2c2cnccn2)cc1. The number of pyridine rings is 1. The summed E-state index contributed by atoms with van der Waals surface area (Å²) in [7, 11) is 0. The molecule has 0 radical (unpaired) electrons. The van der Waals surface area contributed by atoms with Crippen LogP contribution in [0.4, 0.5) is 11.5 Å². The summed E-state index contributed by atoms with van der Waals surface area (Å²) < 4.78 is 0. The van der Waals surface area contributed by atoms with Crippen molar-refractivity contribution < 1.29 is 0 Å². The number of benzene rings is 1. The van der Waals surface area contributed by atoms with Gasteiger partial charge in [0.05, 0.1) is 23.9 Å². The Morgan fingerprint density at radius 1 is 0.923 bits per heavy atom. The predicted octanol–water partition coefficient (Wildman–Crippen LogP) is 2.81. The van der Waals surface area contributed by atoms with E-state index in [9.17, 15) is 0 Å². The zero-order chi connectivity index (χ0) is 17.8. The Balaban J connectivity index is 1.68. The average molecular weight is 342 g/mol. The minimum Gasteiger partial charge on any atom is -0.367 e. The molecule has 128 valence electrons. The Labute approximate surface area is 152 Å². The second kappa shape index (κ2) is 7.19. The van der Waals surface area contributed by atoms with Crippen molar-refractivity contribution in [2.24, 2.45) is 0 Å². The highest BCUT2D eigenvalue weighted by Crippen LogP contribution is 2.31. The molecule has 0 aliphatic carbocycles. The van der Waals surface area contributed by atoms with Gasteiger partial charge in [0.15, 0.2) is 0 Å². The van der Waals surface area contributed by atoms with Crippen LogP contribution >= 0.6 is 0 Å². The molecule has 0 spiro atoms. The molecule has 1 atom stereocenters. The van der Waals surface area contributed by atoms with Crippen LogP contribution < -0.4 is 9.80 Å². The molecule has 1 saturated heterocycles. The van der Waals surface area contributed by atoms with E-state index in [2.05, 4.69) is 30.8 Å². The molecule has 1 aliphatic rings. The first-order valence-corrected chi connectivity index (χ1v) is 8.53. The van der Waals surface area contributed by atoms with E-state index in [1.165, 1.54) is 0 Å². The lowest BCUT2D eigenvalue weighted by atomic mass is 10.0. The lowest BCUT2D eigenvalue weighted by molar-refractivity contribution is 0.533. The number of anilines is 2. The number of nitrogens with zero attached hydrogens (tertiary/aromatic N) is 6. The fourth-order valence-electron chi connectivity index (χ4n) is 3.35. The van der Waals surface area contributed by atoms with Gasteiger partial charge in [0.1, 0.15) is 5.82 Å². The fourth-order valence-corrected chi connectivity index (χ4v) is 3.35. The van der Waals surface area contributed by atoms with Crippen molar-refractivity contribution in [2.45, 2.75) is 6.04 Å². The van der Waals surface area contributed by atoms with Crippen molar-refractivity contribution in [2.75, 3.05) is 29.4 Å². The largest absolute Gasteiger partial charge is 0.367 e. The van der Waals surface area contributed by atoms with Crippen molar-refractivity contribution in [3.8, 4) is 6.07 Å². The molecule has 3 heterocycles. The third-order valence-corrected chi connectivity index (χ3v) is 4.68. The Morgan fingerprint density at radius 3 is 2.42 bits per heavy atom. The van der Waals surface area contributed by atoms with E-state index in [4.69, 9.17) is 5.26 Å². The van der Waals surface area contributed by atoms with Crippen molar-refractivity contribution >= 4 is 11.5 Å². The third kappa shape index (κ3) is 3.20. The van der Waals surface area contributed by atoms with E-state index in [0.717, 1.165) is 36.7 Å². The molecule has 0 saturated carbocycles. The maximum absolute atomic E-state index is 9.07. The number of rotatable bonds is 3. The van der Waals surface area contributed by atoms with E-state index >= 15 is 0 Å². The average Bonchev–Trinajstić information content (AvgIpc) is 2.75. The molecule has 0 bridgehead atoms. The predicted molar refractivity (Wildman–Crippen MR) is 99.7 cm³/mol. The van der Waals surface area contributed by atoms with Gasteiger partial charge in [-0.15, -0.1) is 0 Å².